The molecule has 0 saturated carbocycles. The van der Waals surface area contributed by atoms with E-state index in [0.717, 1.165) is 11.3 Å². The number of nitrogens with zero attached hydrogens (tertiary/aromatic N) is 3. The molecule has 2 aromatic heterocycles. The van der Waals surface area contributed by atoms with Crippen molar-refractivity contribution in [3.63, 3.8) is 0 Å². The lowest BCUT2D eigenvalue weighted by molar-refractivity contribution is 0.820. The molecular formula is C10H8ClN3O. The Morgan fingerprint density at radius 2 is 2.00 bits per heavy atom. The summed E-state index contributed by atoms with van der Waals surface area (Å²) in [6.07, 6.45) is 3.32. The van der Waals surface area contributed by atoms with Crippen molar-refractivity contribution in [1.82, 2.24) is 14.5 Å². The van der Waals surface area contributed by atoms with Gasteiger partial charge in [0.05, 0.1) is 5.69 Å². The molecule has 0 aliphatic carbocycles. The molecule has 0 saturated heterocycles. The number of rotatable bonds is 1. The number of hydrogen-bond acceptors (Lipinski definition) is 3. The summed E-state index contributed by atoms with van der Waals surface area (Å²) >= 11 is 5.73. The van der Waals surface area contributed by atoms with E-state index in [9.17, 15) is 4.79 Å². The maximum atomic E-state index is 11.4. The third-order valence-electron chi connectivity index (χ3n) is 2.08. The van der Waals surface area contributed by atoms with E-state index in [2.05, 4.69) is 9.97 Å². The van der Waals surface area contributed by atoms with Gasteiger partial charge in [-0.25, -0.2) is 4.79 Å². The molecule has 5 heteroatoms. The van der Waals surface area contributed by atoms with Crippen LogP contribution in [-0.2, 0) is 7.05 Å². The van der Waals surface area contributed by atoms with Gasteiger partial charge in [0.25, 0.3) is 0 Å². The summed E-state index contributed by atoms with van der Waals surface area (Å²) in [6.45, 7) is 0. The molecule has 0 unspecified atom stereocenters. The van der Waals surface area contributed by atoms with Crippen LogP contribution in [0.4, 0.5) is 0 Å². The predicted octanol–water partition coefficient (Wildman–Crippen LogP) is 1.50. The van der Waals surface area contributed by atoms with Gasteiger partial charge >= 0.3 is 5.69 Å². The molecule has 0 radical (unpaired) electrons. The molecule has 0 bridgehead atoms. The molecular weight excluding hydrogens is 214 g/mol. The Labute approximate surface area is 91.2 Å². The molecule has 0 aliphatic heterocycles. The highest BCUT2D eigenvalue weighted by Gasteiger charge is 2.05. The number of aromatic nitrogens is 3. The average molecular weight is 222 g/mol. The molecule has 0 amide bonds. The van der Waals surface area contributed by atoms with Gasteiger partial charge in [-0.2, -0.15) is 4.98 Å². The minimum absolute atomic E-state index is 0.199. The highest BCUT2D eigenvalue weighted by molar-refractivity contribution is 6.29. The average Bonchev–Trinajstić information content (AvgIpc) is 2.24. The molecule has 0 aromatic carbocycles. The second-order valence-corrected chi connectivity index (χ2v) is 3.43. The highest BCUT2D eigenvalue weighted by atomic mass is 35.5. The van der Waals surface area contributed by atoms with E-state index in [1.807, 2.05) is 12.1 Å². The van der Waals surface area contributed by atoms with Gasteiger partial charge in [0, 0.05) is 31.1 Å². The molecule has 0 spiro atoms. The Morgan fingerprint density at radius 1 is 1.33 bits per heavy atom. The van der Waals surface area contributed by atoms with Crippen molar-refractivity contribution < 1.29 is 0 Å². The van der Waals surface area contributed by atoms with Gasteiger partial charge in [-0.15, -0.1) is 0 Å². The first-order valence-electron chi connectivity index (χ1n) is 4.32. The largest absolute Gasteiger partial charge is 0.349 e. The molecule has 0 atom stereocenters. The van der Waals surface area contributed by atoms with E-state index >= 15 is 0 Å². The lowest BCUT2D eigenvalue weighted by atomic mass is 10.2. The van der Waals surface area contributed by atoms with Crippen LogP contribution in [0, 0.1) is 0 Å². The van der Waals surface area contributed by atoms with Crippen LogP contribution in [-0.4, -0.2) is 14.5 Å². The summed E-state index contributed by atoms with van der Waals surface area (Å²) < 4.78 is 1.45. The van der Waals surface area contributed by atoms with E-state index in [-0.39, 0.29) is 10.8 Å². The summed E-state index contributed by atoms with van der Waals surface area (Å²) in [5, 5.41) is 0.199. The number of pyridine rings is 1. The van der Waals surface area contributed by atoms with Crippen LogP contribution < -0.4 is 5.69 Å². The van der Waals surface area contributed by atoms with Crippen LogP contribution in [0.2, 0.25) is 5.15 Å². The summed E-state index contributed by atoms with van der Waals surface area (Å²) in [7, 11) is 1.65. The number of halogens is 1. The van der Waals surface area contributed by atoms with Crippen LogP contribution >= 0.6 is 11.6 Å². The minimum atomic E-state index is -0.366. The molecule has 2 aromatic rings. The second-order valence-electron chi connectivity index (χ2n) is 3.04. The fraction of sp³-hybridized carbons (Fsp3) is 0.100. The lowest BCUT2D eigenvalue weighted by Gasteiger charge is -2.06. The maximum absolute atomic E-state index is 11.4. The molecule has 76 valence electrons. The molecule has 15 heavy (non-hydrogen) atoms. The molecule has 0 fully saturated rings. The van der Waals surface area contributed by atoms with E-state index in [0.29, 0.717) is 0 Å². The third kappa shape index (κ3) is 1.89. The monoisotopic (exact) mass is 221 g/mol. The Morgan fingerprint density at radius 3 is 2.67 bits per heavy atom. The van der Waals surface area contributed by atoms with E-state index in [1.165, 1.54) is 4.57 Å². The summed E-state index contributed by atoms with van der Waals surface area (Å²) in [5.41, 5.74) is 1.24. The lowest BCUT2D eigenvalue weighted by Crippen LogP contribution is -2.21. The Hall–Kier alpha value is -1.68. The van der Waals surface area contributed by atoms with Gasteiger partial charge < -0.3 is 0 Å². The Bertz CT molecular complexity index is 536. The molecule has 0 aliphatic rings. The Balaban J connectivity index is 2.68. The van der Waals surface area contributed by atoms with E-state index in [4.69, 9.17) is 11.6 Å². The van der Waals surface area contributed by atoms with Crippen molar-refractivity contribution in [2.24, 2.45) is 7.05 Å². The zero-order valence-electron chi connectivity index (χ0n) is 8.01. The van der Waals surface area contributed by atoms with Crippen LogP contribution in [0.1, 0.15) is 0 Å². The smallest absolute Gasteiger partial charge is 0.295 e. The molecule has 2 rings (SSSR count). The normalized spacial score (nSPS) is 10.3. The van der Waals surface area contributed by atoms with Gasteiger partial charge in [0.15, 0.2) is 0 Å². The van der Waals surface area contributed by atoms with Crippen molar-refractivity contribution in [2.45, 2.75) is 0 Å². The van der Waals surface area contributed by atoms with E-state index < -0.39 is 0 Å². The highest BCUT2D eigenvalue weighted by Crippen LogP contribution is 2.17. The van der Waals surface area contributed by atoms with Crippen molar-refractivity contribution in [3.8, 4) is 11.3 Å². The summed E-state index contributed by atoms with van der Waals surface area (Å²) in [5.74, 6) is 0. The quantitative estimate of drug-likeness (QED) is 0.686. The first-order valence-corrected chi connectivity index (χ1v) is 4.70. The zero-order valence-corrected chi connectivity index (χ0v) is 8.77. The van der Waals surface area contributed by atoms with Crippen LogP contribution in [0.25, 0.3) is 11.3 Å². The maximum Gasteiger partial charge on any atom is 0.349 e. The van der Waals surface area contributed by atoms with Gasteiger partial charge in [0.1, 0.15) is 5.15 Å². The molecule has 0 N–H and O–H groups in total. The van der Waals surface area contributed by atoms with Crippen LogP contribution in [0.5, 0.6) is 0 Å². The third-order valence-corrected chi connectivity index (χ3v) is 2.28. The summed E-state index contributed by atoms with van der Waals surface area (Å²) in [6, 6.07) is 5.27. The van der Waals surface area contributed by atoms with Gasteiger partial charge in [-0.05, 0) is 12.1 Å². The van der Waals surface area contributed by atoms with Gasteiger partial charge in [-0.3, -0.25) is 9.55 Å². The van der Waals surface area contributed by atoms with E-state index in [1.54, 1.807) is 25.5 Å². The first-order chi connectivity index (χ1) is 7.18. The Kier molecular flexibility index (Phi) is 2.51. The summed E-state index contributed by atoms with van der Waals surface area (Å²) in [4.78, 5) is 18.9. The van der Waals surface area contributed by atoms with Crippen molar-refractivity contribution in [3.05, 3.63) is 46.2 Å². The standard InChI is InChI=1S/C10H8ClN3O/c1-14-8(6-9(11)13-10(14)15)7-2-4-12-5-3-7/h2-6H,1H3. The minimum Gasteiger partial charge on any atom is -0.295 e. The predicted molar refractivity (Wildman–Crippen MR) is 57.7 cm³/mol. The van der Waals surface area contributed by atoms with Crippen molar-refractivity contribution in [2.75, 3.05) is 0 Å². The fourth-order valence-corrected chi connectivity index (χ4v) is 1.49. The van der Waals surface area contributed by atoms with Crippen molar-refractivity contribution >= 4 is 11.6 Å². The fourth-order valence-electron chi connectivity index (χ4n) is 1.31. The van der Waals surface area contributed by atoms with Gasteiger partial charge in [-0.1, -0.05) is 11.6 Å². The molecule has 4 nitrogen and oxygen atoms in total. The van der Waals surface area contributed by atoms with Gasteiger partial charge in [0.2, 0.25) is 0 Å². The molecule has 2 heterocycles. The topological polar surface area (TPSA) is 47.8 Å². The van der Waals surface area contributed by atoms with Crippen LogP contribution in [0.3, 0.4) is 0 Å². The second kappa shape index (κ2) is 3.82. The van der Waals surface area contributed by atoms with Crippen molar-refractivity contribution in [1.29, 1.82) is 0 Å². The number of hydrogen-bond donors (Lipinski definition) is 0. The van der Waals surface area contributed by atoms with Crippen LogP contribution in [0.15, 0.2) is 35.4 Å². The first kappa shape index (κ1) is 9.86. The zero-order chi connectivity index (χ0) is 10.8. The SMILES string of the molecule is Cn1c(-c2ccncc2)cc(Cl)nc1=O.